The molecule has 38 heavy (non-hydrogen) atoms. The first-order valence-electron chi connectivity index (χ1n) is 15.5. The number of hydrogen-bond acceptors (Lipinski definition) is 5. The van der Waals surface area contributed by atoms with Crippen molar-refractivity contribution in [2.75, 3.05) is 33.2 Å². The van der Waals surface area contributed by atoms with E-state index in [2.05, 4.69) is 48.1 Å². The van der Waals surface area contributed by atoms with E-state index in [1.165, 1.54) is 37.1 Å². The van der Waals surface area contributed by atoms with Crippen LogP contribution in [-0.2, 0) is 17.6 Å². The van der Waals surface area contributed by atoms with Crippen LogP contribution in [0.4, 0.5) is 4.79 Å². The molecule has 3 aliphatic carbocycles. The van der Waals surface area contributed by atoms with Gasteiger partial charge in [-0.1, -0.05) is 19.9 Å². The Morgan fingerprint density at radius 2 is 1.79 bits per heavy atom. The molecule has 1 aromatic rings. The molecule has 6 heteroatoms. The molecule has 4 fully saturated rings. The Kier molecular flexibility index (Phi) is 7.32. The van der Waals surface area contributed by atoms with Gasteiger partial charge in [-0.2, -0.15) is 0 Å². The zero-order chi connectivity index (χ0) is 26.4. The summed E-state index contributed by atoms with van der Waals surface area (Å²) in [5.41, 5.74) is 3.86. The molecule has 2 saturated heterocycles. The number of aryl methyl sites for hydroxylation is 2. The molecule has 2 heterocycles. The molecule has 0 aromatic heterocycles. The molecular weight excluding hydrogens is 474 g/mol. The lowest BCUT2D eigenvalue weighted by Gasteiger charge is -2.48. The van der Waals surface area contributed by atoms with E-state index < -0.39 is 0 Å². The van der Waals surface area contributed by atoms with Gasteiger partial charge in [0.1, 0.15) is 11.5 Å². The number of nitrogens with zero attached hydrogens (tertiary/aromatic N) is 2. The molecule has 6 rings (SSSR count). The maximum absolute atomic E-state index is 13.0. The molecule has 1 amide bonds. The Morgan fingerprint density at radius 3 is 2.53 bits per heavy atom. The monoisotopic (exact) mass is 521 g/mol. The van der Waals surface area contributed by atoms with Crippen molar-refractivity contribution in [3.63, 3.8) is 0 Å². The molecule has 1 aromatic carbocycles. The fourth-order valence-corrected chi connectivity index (χ4v) is 8.85. The molecule has 0 radical (unpaired) electrons. The maximum Gasteiger partial charge on any atom is 0.412 e. The van der Waals surface area contributed by atoms with Crippen LogP contribution in [0.15, 0.2) is 12.1 Å². The lowest BCUT2D eigenvalue weighted by Crippen LogP contribution is -2.51. The second-order valence-corrected chi connectivity index (χ2v) is 13.2. The third-order valence-electron chi connectivity index (χ3n) is 11.3. The van der Waals surface area contributed by atoms with Gasteiger partial charge in [0.25, 0.3) is 0 Å². The minimum absolute atomic E-state index is 0.0866. The van der Waals surface area contributed by atoms with Gasteiger partial charge in [0.15, 0.2) is 0 Å². The molecule has 0 spiro atoms. The van der Waals surface area contributed by atoms with E-state index in [0.717, 1.165) is 82.2 Å². The number of likely N-dealkylation sites (tertiary alicyclic amines) is 2. The Morgan fingerprint density at radius 1 is 1.03 bits per heavy atom. The fraction of sp³-hybridized carbons (Fsp3) is 0.750. The summed E-state index contributed by atoms with van der Waals surface area (Å²) in [6.45, 7) is 8.90. The Labute approximate surface area is 228 Å². The van der Waals surface area contributed by atoms with Gasteiger partial charge < -0.3 is 19.9 Å². The van der Waals surface area contributed by atoms with Crippen molar-refractivity contribution < 1.29 is 14.3 Å². The number of carbonyl (C=O) groups is 2. The van der Waals surface area contributed by atoms with Crippen LogP contribution in [0.25, 0.3) is 0 Å². The van der Waals surface area contributed by atoms with Gasteiger partial charge in [-0.15, -0.1) is 0 Å². The summed E-state index contributed by atoms with van der Waals surface area (Å²) in [7, 11) is 2.21. The van der Waals surface area contributed by atoms with Gasteiger partial charge in [-0.3, -0.25) is 4.79 Å². The summed E-state index contributed by atoms with van der Waals surface area (Å²) in [6, 6.07) is 5.40. The topological polar surface area (TPSA) is 61.9 Å². The van der Waals surface area contributed by atoms with E-state index in [1.807, 2.05) is 0 Å². The Bertz CT molecular complexity index is 1060. The zero-order valence-corrected chi connectivity index (χ0v) is 23.8. The molecule has 1 N–H and O–H groups in total. The van der Waals surface area contributed by atoms with E-state index >= 15 is 0 Å². The smallest absolute Gasteiger partial charge is 0.410 e. The van der Waals surface area contributed by atoms with Gasteiger partial charge in [-0.05, 0) is 125 Å². The number of piperidine rings is 2. The van der Waals surface area contributed by atoms with Gasteiger partial charge in [0.05, 0.1) is 0 Å². The molecule has 5 aliphatic rings. The number of Topliss-reactive ketones (excluding diaryl/α,β-unsaturated/α-hetero) is 1. The highest BCUT2D eigenvalue weighted by atomic mass is 16.6. The molecule has 2 aliphatic heterocycles. The summed E-state index contributed by atoms with van der Waals surface area (Å²) < 4.78 is 5.98. The maximum atomic E-state index is 13.0. The molecule has 208 valence electrons. The first kappa shape index (κ1) is 26.3. The average molecular weight is 522 g/mol. The van der Waals surface area contributed by atoms with E-state index in [0.29, 0.717) is 29.6 Å². The third kappa shape index (κ3) is 4.81. The van der Waals surface area contributed by atoms with Crippen molar-refractivity contribution in [1.82, 2.24) is 15.1 Å². The molecule has 2 saturated carbocycles. The van der Waals surface area contributed by atoms with Crippen LogP contribution >= 0.6 is 0 Å². The van der Waals surface area contributed by atoms with Crippen LogP contribution in [-0.4, -0.2) is 67.0 Å². The molecule has 4 unspecified atom stereocenters. The molecule has 6 nitrogen and oxygen atoms in total. The second-order valence-electron chi connectivity index (χ2n) is 13.2. The molecule has 0 bridgehead atoms. The minimum Gasteiger partial charge on any atom is -0.410 e. The lowest BCUT2D eigenvalue weighted by molar-refractivity contribution is -0.129. The van der Waals surface area contributed by atoms with Crippen molar-refractivity contribution in [2.24, 2.45) is 17.3 Å². The second kappa shape index (κ2) is 10.6. The lowest BCUT2D eigenvalue weighted by atomic mass is 9.55. The van der Waals surface area contributed by atoms with Gasteiger partial charge in [-0.25, -0.2) is 4.79 Å². The van der Waals surface area contributed by atoms with Crippen LogP contribution in [0.3, 0.4) is 0 Å². The van der Waals surface area contributed by atoms with Crippen LogP contribution < -0.4 is 10.1 Å². The van der Waals surface area contributed by atoms with Gasteiger partial charge in [0.2, 0.25) is 0 Å². The first-order chi connectivity index (χ1) is 18.4. The number of fused-ring (bicyclic) bond motifs is 5. The number of hydrogen-bond donors (Lipinski definition) is 1. The van der Waals surface area contributed by atoms with Crippen LogP contribution in [0, 0.1) is 17.3 Å². The molecular formula is C32H47N3O3. The van der Waals surface area contributed by atoms with Crippen LogP contribution in [0.1, 0.15) is 94.2 Å². The Hall–Kier alpha value is -1.92. The van der Waals surface area contributed by atoms with Crippen molar-refractivity contribution >= 4 is 11.9 Å². The number of amides is 1. The van der Waals surface area contributed by atoms with Crippen LogP contribution in [0.5, 0.6) is 5.75 Å². The SMILES string of the molecule is CCc1cc2c(cc1OC(=O)NC1CCN(C3CCN(C)CC3)CC1)CCC1C2CCC2(C)C(=O)CCC12. The predicted molar refractivity (Wildman–Crippen MR) is 150 cm³/mol. The first-order valence-corrected chi connectivity index (χ1v) is 15.5. The number of rotatable bonds is 4. The summed E-state index contributed by atoms with van der Waals surface area (Å²) >= 11 is 0. The zero-order valence-electron chi connectivity index (χ0n) is 23.8. The minimum atomic E-state index is -0.302. The van der Waals surface area contributed by atoms with E-state index in [1.54, 1.807) is 0 Å². The number of ketones is 1. The summed E-state index contributed by atoms with van der Waals surface area (Å²) in [5, 5.41) is 3.18. The summed E-state index contributed by atoms with van der Waals surface area (Å²) in [4.78, 5) is 30.7. The average Bonchev–Trinajstić information content (AvgIpc) is 3.23. The number of ether oxygens (including phenoxy) is 1. The fourth-order valence-electron chi connectivity index (χ4n) is 8.85. The predicted octanol–water partition coefficient (Wildman–Crippen LogP) is 5.32. The van der Waals surface area contributed by atoms with Crippen molar-refractivity contribution in [3.05, 3.63) is 28.8 Å². The molecule has 4 atom stereocenters. The standard InChI is InChI=1S/C32H47N3O3/c1-4-21-19-27-22(5-6-26-25(27)9-14-32(2)28(26)7-8-30(32)36)20-29(21)38-31(37)33-23-10-17-35(18-11-23)24-12-15-34(3)16-13-24/h19-20,23-26,28H,4-18H2,1-3H3,(H,33,37). The van der Waals surface area contributed by atoms with Gasteiger partial charge >= 0.3 is 6.09 Å². The Balaban J connectivity index is 1.08. The largest absolute Gasteiger partial charge is 0.412 e. The highest BCUT2D eigenvalue weighted by Crippen LogP contribution is 2.59. The highest BCUT2D eigenvalue weighted by molar-refractivity contribution is 5.87. The van der Waals surface area contributed by atoms with E-state index in [9.17, 15) is 9.59 Å². The summed E-state index contributed by atoms with van der Waals surface area (Å²) in [6.07, 6.45) is 11.2. The quantitative estimate of drug-likeness (QED) is 0.581. The third-order valence-corrected chi connectivity index (χ3v) is 11.3. The van der Waals surface area contributed by atoms with Gasteiger partial charge in [0, 0.05) is 37.0 Å². The van der Waals surface area contributed by atoms with Crippen molar-refractivity contribution in [1.29, 1.82) is 0 Å². The highest BCUT2D eigenvalue weighted by Gasteiger charge is 2.54. The van der Waals surface area contributed by atoms with E-state index in [-0.39, 0.29) is 17.6 Å². The normalized spacial score (nSPS) is 32.9. The van der Waals surface area contributed by atoms with Crippen molar-refractivity contribution in [3.8, 4) is 5.75 Å². The number of carbonyl (C=O) groups excluding carboxylic acids is 2. The number of nitrogens with one attached hydrogen (secondary N) is 1. The summed E-state index contributed by atoms with van der Waals surface area (Å²) in [5.74, 6) is 2.95. The number of benzene rings is 1. The van der Waals surface area contributed by atoms with Crippen molar-refractivity contribution in [2.45, 2.75) is 102 Å². The van der Waals surface area contributed by atoms with E-state index in [4.69, 9.17) is 4.74 Å². The van der Waals surface area contributed by atoms with Crippen LogP contribution in [0.2, 0.25) is 0 Å².